The summed E-state index contributed by atoms with van der Waals surface area (Å²) in [5.41, 5.74) is 3.46. The van der Waals surface area contributed by atoms with E-state index in [0.29, 0.717) is 23.9 Å². The number of aryl methyl sites for hydroxylation is 1. The fourth-order valence-electron chi connectivity index (χ4n) is 3.75. The zero-order chi connectivity index (χ0) is 21.8. The van der Waals surface area contributed by atoms with Gasteiger partial charge in [-0.3, -0.25) is 9.59 Å². The molecule has 0 aliphatic carbocycles. The molecular weight excluding hydrogens is 412 g/mol. The zero-order valence-electron chi connectivity index (χ0n) is 17.7. The molecule has 4 rings (SSSR count). The van der Waals surface area contributed by atoms with Crippen LogP contribution in [0.4, 0.5) is 5.13 Å². The Hall–Kier alpha value is -2.97. The number of amides is 2. The van der Waals surface area contributed by atoms with E-state index in [1.807, 2.05) is 49.0 Å². The second-order valence-electron chi connectivity index (χ2n) is 7.91. The molecule has 3 heterocycles. The van der Waals surface area contributed by atoms with Gasteiger partial charge in [0.05, 0.1) is 36.6 Å². The first-order chi connectivity index (χ1) is 15.0. The highest BCUT2D eigenvalue weighted by Crippen LogP contribution is 2.32. The average molecular weight is 439 g/mol. The summed E-state index contributed by atoms with van der Waals surface area (Å²) >= 11 is 1.36. The normalized spacial score (nSPS) is 14.6. The van der Waals surface area contributed by atoms with Crippen LogP contribution in [0.15, 0.2) is 48.1 Å². The molecule has 2 amide bonds. The van der Waals surface area contributed by atoms with E-state index in [1.54, 1.807) is 6.07 Å². The van der Waals surface area contributed by atoms with Crippen molar-refractivity contribution >= 4 is 28.3 Å². The van der Waals surface area contributed by atoms with E-state index in [4.69, 9.17) is 4.74 Å². The molecule has 2 N–H and O–H groups in total. The lowest BCUT2D eigenvalue weighted by Crippen LogP contribution is -2.51. The first-order valence-electron chi connectivity index (χ1n) is 10.4. The molecule has 1 saturated heterocycles. The van der Waals surface area contributed by atoms with E-state index in [2.05, 4.69) is 27.1 Å². The summed E-state index contributed by atoms with van der Waals surface area (Å²) in [4.78, 5) is 29.2. The molecule has 7 nitrogen and oxygen atoms in total. The molecule has 0 unspecified atom stereocenters. The summed E-state index contributed by atoms with van der Waals surface area (Å²) in [5, 5.41) is 7.84. The minimum atomic E-state index is -0.312. The topological polar surface area (TPSA) is 85.3 Å². The Morgan fingerprint density at radius 2 is 2.13 bits per heavy atom. The number of carbonyl (C=O) groups excluding carboxylic acids is 2. The molecule has 8 heteroatoms. The van der Waals surface area contributed by atoms with Crippen LogP contribution in [0, 0.1) is 6.92 Å². The van der Waals surface area contributed by atoms with Gasteiger partial charge in [-0.05, 0) is 25.5 Å². The van der Waals surface area contributed by atoms with Crippen molar-refractivity contribution in [2.45, 2.75) is 32.2 Å². The van der Waals surface area contributed by atoms with Crippen LogP contribution in [-0.4, -0.2) is 41.1 Å². The van der Waals surface area contributed by atoms with Crippen molar-refractivity contribution in [2.24, 2.45) is 0 Å². The van der Waals surface area contributed by atoms with Crippen molar-refractivity contribution < 1.29 is 14.3 Å². The van der Waals surface area contributed by atoms with Gasteiger partial charge in [-0.15, -0.1) is 11.3 Å². The number of benzene rings is 1. The lowest BCUT2D eigenvalue weighted by molar-refractivity contribution is -0.115. The fraction of sp³-hybridized carbons (Fsp3) is 0.348. The molecule has 31 heavy (non-hydrogen) atoms. The van der Waals surface area contributed by atoms with Crippen LogP contribution in [0.2, 0.25) is 0 Å². The Morgan fingerprint density at radius 1 is 1.29 bits per heavy atom. The third-order valence-corrected chi connectivity index (χ3v) is 6.19. The monoisotopic (exact) mass is 438 g/mol. The van der Waals surface area contributed by atoms with E-state index >= 15 is 0 Å². The number of aromatic nitrogens is 2. The smallest absolute Gasteiger partial charge is 0.253 e. The van der Waals surface area contributed by atoms with Gasteiger partial charge in [0.1, 0.15) is 0 Å². The lowest BCUT2D eigenvalue weighted by Gasteiger charge is -2.43. The largest absolute Gasteiger partial charge is 0.376 e. The van der Waals surface area contributed by atoms with Gasteiger partial charge in [0, 0.05) is 23.3 Å². The number of thiazole rings is 1. The van der Waals surface area contributed by atoms with Gasteiger partial charge in [0.2, 0.25) is 5.91 Å². The molecule has 0 atom stereocenters. The van der Waals surface area contributed by atoms with Gasteiger partial charge < -0.3 is 19.9 Å². The molecule has 1 aromatic carbocycles. The summed E-state index contributed by atoms with van der Waals surface area (Å²) < 4.78 is 7.47. The second-order valence-corrected chi connectivity index (χ2v) is 8.77. The quantitative estimate of drug-likeness (QED) is 0.560. The minimum Gasteiger partial charge on any atom is -0.376 e. The van der Waals surface area contributed by atoms with Crippen molar-refractivity contribution in [1.82, 2.24) is 14.9 Å². The van der Waals surface area contributed by atoms with E-state index in [1.165, 1.54) is 11.3 Å². The first-order valence-corrected chi connectivity index (χ1v) is 11.2. The number of nitrogens with zero attached hydrogens (tertiary/aromatic N) is 2. The average Bonchev–Trinajstić information content (AvgIpc) is 3.39. The molecule has 162 valence electrons. The Morgan fingerprint density at radius 3 is 2.84 bits per heavy atom. The van der Waals surface area contributed by atoms with Crippen molar-refractivity contribution in [1.29, 1.82) is 0 Å². The Bertz CT molecular complexity index is 1080. The van der Waals surface area contributed by atoms with Crippen LogP contribution >= 0.6 is 11.3 Å². The number of anilines is 1. The molecule has 1 aliphatic rings. The van der Waals surface area contributed by atoms with Crippen molar-refractivity contribution in [3.63, 3.8) is 0 Å². The molecule has 0 spiro atoms. The molecule has 1 fully saturated rings. The fourth-order valence-corrected chi connectivity index (χ4v) is 4.48. The summed E-state index contributed by atoms with van der Waals surface area (Å²) in [7, 11) is 0. The Labute approximate surface area is 185 Å². The van der Waals surface area contributed by atoms with Crippen LogP contribution in [-0.2, 0) is 15.1 Å². The summed E-state index contributed by atoms with van der Waals surface area (Å²) in [6, 6.07) is 9.82. The molecule has 0 radical (unpaired) electrons. The molecule has 0 saturated carbocycles. The van der Waals surface area contributed by atoms with E-state index in [0.717, 1.165) is 29.7 Å². The molecule has 1 aliphatic heterocycles. The Balaban J connectivity index is 1.31. The van der Waals surface area contributed by atoms with Gasteiger partial charge >= 0.3 is 0 Å². The third kappa shape index (κ3) is 4.70. The highest BCUT2D eigenvalue weighted by atomic mass is 32.1. The zero-order valence-corrected chi connectivity index (χ0v) is 18.5. The number of hydrogen-bond donors (Lipinski definition) is 2. The van der Waals surface area contributed by atoms with Gasteiger partial charge in [0.15, 0.2) is 5.13 Å². The molecular formula is C23H26N4O3S. The highest BCUT2D eigenvalue weighted by molar-refractivity contribution is 7.14. The predicted molar refractivity (Wildman–Crippen MR) is 121 cm³/mol. The van der Waals surface area contributed by atoms with Crippen LogP contribution in [0.5, 0.6) is 0 Å². The maximum Gasteiger partial charge on any atom is 0.253 e. The second kappa shape index (κ2) is 9.03. The van der Waals surface area contributed by atoms with Crippen molar-refractivity contribution in [3.05, 3.63) is 59.2 Å². The van der Waals surface area contributed by atoms with Crippen LogP contribution in [0.25, 0.3) is 11.3 Å². The van der Waals surface area contributed by atoms with Gasteiger partial charge in [-0.25, -0.2) is 4.98 Å². The third-order valence-electron chi connectivity index (χ3n) is 5.43. The number of rotatable bonds is 8. The van der Waals surface area contributed by atoms with Crippen molar-refractivity contribution in [2.75, 3.05) is 25.1 Å². The molecule has 0 bridgehead atoms. The number of nitrogens with one attached hydrogen (secondary N) is 2. The number of carbonyl (C=O) groups is 2. The maximum atomic E-state index is 12.5. The lowest BCUT2D eigenvalue weighted by atomic mass is 9.91. The number of hydrogen-bond acceptors (Lipinski definition) is 5. The summed E-state index contributed by atoms with van der Waals surface area (Å²) in [6.07, 6.45) is 5.80. The van der Waals surface area contributed by atoms with Crippen LogP contribution in [0.1, 0.15) is 35.7 Å². The standard InChI is InChI=1S/C23H26N4O3S/c1-3-8-23(14-30-15-23)27-9-7-18(12-27)21(29)24-11-20(28)26-22-25-19(13-31-22)17-6-4-5-16(2)10-17/h4-7,9-10,12-13H,3,8,11,14-15H2,1-2H3,(H,24,29)(H,25,26,28). The van der Waals surface area contributed by atoms with E-state index < -0.39 is 0 Å². The van der Waals surface area contributed by atoms with E-state index in [9.17, 15) is 9.59 Å². The SMILES string of the molecule is CCCC1(n2ccc(C(=O)NCC(=O)Nc3nc(-c4cccc(C)c4)cs3)c2)COC1. The number of ether oxygens (including phenoxy) is 1. The minimum absolute atomic E-state index is 0.0511. The van der Waals surface area contributed by atoms with Crippen LogP contribution < -0.4 is 10.6 Å². The summed E-state index contributed by atoms with van der Waals surface area (Å²) in [6.45, 7) is 5.38. The van der Waals surface area contributed by atoms with Gasteiger partial charge in [0.25, 0.3) is 5.91 Å². The predicted octanol–water partition coefficient (Wildman–Crippen LogP) is 3.81. The Kier molecular flexibility index (Phi) is 6.20. The maximum absolute atomic E-state index is 12.5. The van der Waals surface area contributed by atoms with Crippen molar-refractivity contribution in [3.8, 4) is 11.3 Å². The van der Waals surface area contributed by atoms with Gasteiger partial charge in [-0.2, -0.15) is 0 Å². The molecule has 3 aromatic rings. The molecule has 2 aromatic heterocycles. The van der Waals surface area contributed by atoms with Crippen LogP contribution in [0.3, 0.4) is 0 Å². The summed E-state index contributed by atoms with van der Waals surface area (Å²) in [5.74, 6) is -0.590. The first kappa shape index (κ1) is 21.3. The highest BCUT2D eigenvalue weighted by Gasteiger charge is 2.39. The van der Waals surface area contributed by atoms with Gasteiger partial charge in [-0.1, -0.05) is 37.1 Å². The van der Waals surface area contributed by atoms with E-state index in [-0.39, 0.29) is 23.9 Å².